The van der Waals surface area contributed by atoms with Crippen molar-refractivity contribution in [2.45, 2.75) is 67.1 Å². The van der Waals surface area contributed by atoms with E-state index in [0.29, 0.717) is 0 Å². The normalized spacial score (nSPS) is 22.3. The summed E-state index contributed by atoms with van der Waals surface area (Å²) >= 11 is 0. The van der Waals surface area contributed by atoms with Gasteiger partial charge in [-0.2, -0.15) is 4.57 Å². The van der Waals surface area contributed by atoms with E-state index in [1.165, 1.54) is 55.9 Å². The molecule has 25 heavy (non-hydrogen) atoms. The van der Waals surface area contributed by atoms with Crippen molar-refractivity contribution < 1.29 is 9.13 Å². The zero-order valence-electron chi connectivity index (χ0n) is 17.0. The average molecular weight is 354 g/mol. The number of pyridine rings is 1. The van der Waals surface area contributed by atoms with Gasteiger partial charge in [0.05, 0.1) is 10.9 Å². The van der Waals surface area contributed by atoms with Crippen molar-refractivity contribution in [2.24, 2.45) is 0 Å². The highest BCUT2D eigenvalue weighted by atomic mass is 31.2. The van der Waals surface area contributed by atoms with Crippen molar-refractivity contribution in [3.05, 3.63) is 44.6 Å². The number of rotatable bonds is 0. The fourth-order valence-electron chi connectivity index (χ4n) is 5.19. The first kappa shape index (κ1) is 17.0. The van der Waals surface area contributed by atoms with Crippen LogP contribution in [0.2, 0.25) is 0 Å². The van der Waals surface area contributed by atoms with Crippen molar-refractivity contribution in [1.29, 1.82) is 0 Å². The van der Waals surface area contributed by atoms with Gasteiger partial charge < -0.3 is 4.57 Å². The molecule has 2 aromatic rings. The van der Waals surface area contributed by atoms with Crippen LogP contribution in [0.1, 0.15) is 58.5 Å². The van der Waals surface area contributed by atoms with Crippen LogP contribution in [0.4, 0.5) is 0 Å². The number of aromatic nitrogens is 1. The van der Waals surface area contributed by atoms with E-state index in [2.05, 4.69) is 60.0 Å². The van der Waals surface area contributed by atoms with Gasteiger partial charge in [-0.3, -0.25) is 0 Å². The Bertz CT molecular complexity index is 1040. The van der Waals surface area contributed by atoms with Gasteiger partial charge in [0.25, 0.3) is 0 Å². The summed E-state index contributed by atoms with van der Waals surface area (Å²) in [5.74, 6) is 0. The first-order valence-corrected chi connectivity index (χ1v) is 11.3. The molecule has 1 atom stereocenters. The molecule has 0 aliphatic carbocycles. The van der Waals surface area contributed by atoms with Crippen LogP contribution in [-0.4, -0.2) is 6.66 Å². The number of hydrogen-bond acceptors (Lipinski definition) is 1. The molecule has 1 aromatic carbocycles. The lowest BCUT2D eigenvalue weighted by atomic mass is 9.82. The molecule has 132 valence electrons. The molecule has 1 unspecified atom stereocenters. The summed E-state index contributed by atoms with van der Waals surface area (Å²) in [5.41, 5.74) is 13.4. The Morgan fingerprint density at radius 3 is 2.08 bits per heavy atom. The molecule has 2 aliphatic rings. The van der Waals surface area contributed by atoms with Gasteiger partial charge >= 0.3 is 0 Å². The lowest BCUT2D eigenvalue weighted by Crippen LogP contribution is -2.45. The zero-order chi connectivity index (χ0) is 18.6. The Morgan fingerprint density at radius 2 is 1.48 bits per heavy atom. The van der Waals surface area contributed by atoms with Crippen molar-refractivity contribution in [1.82, 2.24) is 0 Å². The molecule has 0 bridgehead atoms. The summed E-state index contributed by atoms with van der Waals surface area (Å²) in [5, 5.41) is 0.802. The first-order valence-electron chi connectivity index (χ1n) is 9.19. The standard InChI is InChI=1S/C22H29NOP/c1-11-13(3)17-10-23-16(6)12(2)15(5)21-20(23)18(17)19(14(11)4)22(7,8)25(21,9)24/h10H2,1-9H3/q+1. The molecular weight excluding hydrogens is 325 g/mol. The van der Waals surface area contributed by atoms with Crippen LogP contribution in [0.3, 0.4) is 0 Å². The van der Waals surface area contributed by atoms with Crippen LogP contribution < -0.4 is 9.87 Å². The topological polar surface area (TPSA) is 20.9 Å². The fourth-order valence-corrected chi connectivity index (χ4v) is 7.90. The van der Waals surface area contributed by atoms with Crippen molar-refractivity contribution in [3.8, 4) is 11.3 Å². The molecule has 0 saturated carbocycles. The Hall–Kier alpha value is -1.40. The second-order valence-electron chi connectivity index (χ2n) is 8.71. The minimum absolute atomic E-state index is 0.332. The van der Waals surface area contributed by atoms with Crippen molar-refractivity contribution >= 4 is 12.4 Å². The maximum atomic E-state index is 14.3. The van der Waals surface area contributed by atoms with Gasteiger partial charge in [0.15, 0.2) is 12.2 Å². The van der Waals surface area contributed by atoms with E-state index in [9.17, 15) is 4.57 Å². The largest absolute Gasteiger partial charge is 0.318 e. The molecule has 3 heterocycles. The lowest BCUT2D eigenvalue weighted by Gasteiger charge is -2.40. The molecule has 1 aromatic heterocycles. The van der Waals surface area contributed by atoms with Crippen LogP contribution in [0.25, 0.3) is 11.3 Å². The van der Waals surface area contributed by atoms with E-state index < -0.39 is 7.14 Å². The maximum Gasteiger partial charge on any atom is 0.224 e. The van der Waals surface area contributed by atoms with Crippen LogP contribution in [0, 0.1) is 41.5 Å². The van der Waals surface area contributed by atoms with Gasteiger partial charge in [0.2, 0.25) is 5.69 Å². The molecule has 2 nitrogen and oxygen atoms in total. The fraction of sp³-hybridized carbons (Fsp3) is 0.500. The van der Waals surface area contributed by atoms with Crippen LogP contribution >= 0.6 is 7.14 Å². The second-order valence-corrected chi connectivity index (χ2v) is 12.1. The number of benzene rings is 1. The minimum Gasteiger partial charge on any atom is -0.318 e. The van der Waals surface area contributed by atoms with E-state index >= 15 is 0 Å². The molecule has 0 fully saturated rings. The van der Waals surface area contributed by atoms with Crippen molar-refractivity contribution in [3.63, 3.8) is 0 Å². The third-order valence-corrected chi connectivity index (χ3v) is 11.3. The van der Waals surface area contributed by atoms with Gasteiger partial charge in [-0.15, -0.1) is 0 Å². The number of hydrogen-bond donors (Lipinski definition) is 0. The maximum absolute atomic E-state index is 14.3. The van der Waals surface area contributed by atoms with E-state index in [1.54, 1.807) is 0 Å². The number of nitrogens with zero attached hydrogens (tertiary/aromatic N) is 1. The Labute approximate surface area is 151 Å². The summed E-state index contributed by atoms with van der Waals surface area (Å²) in [4.78, 5) is 0. The summed E-state index contributed by atoms with van der Waals surface area (Å²) < 4.78 is 16.7. The first-order chi connectivity index (χ1) is 11.4. The Morgan fingerprint density at radius 1 is 0.880 bits per heavy atom. The summed E-state index contributed by atoms with van der Waals surface area (Å²) in [6, 6.07) is 0. The van der Waals surface area contributed by atoms with Crippen molar-refractivity contribution in [2.75, 3.05) is 6.66 Å². The highest BCUT2D eigenvalue weighted by Gasteiger charge is 2.54. The molecule has 2 aliphatic heterocycles. The molecule has 0 N–H and O–H groups in total. The highest BCUT2D eigenvalue weighted by molar-refractivity contribution is 7.72. The minimum atomic E-state index is -2.57. The highest BCUT2D eigenvalue weighted by Crippen LogP contribution is 2.67. The molecule has 3 heteroatoms. The average Bonchev–Trinajstić information content (AvgIpc) is 2.89. The van der Waals surface area contributed by atoms with Gasteiger partial charge in [-0.05, 0) is 82.9 Å². The molecule has 0 spiro atoms. The summed E-state index contributed by atoms with van der Waals surface area (Å²) in [6.45, 7) is 20.6. The van der Waals surface area contributed by atoms with Gasteiger partial charge in [-0.1, -0.05) is 0 Å². The SMILES string of the molecule is Cc1c(C)c2c3c(c1C)C(C)(C)P(C)(=O)c1c(C)c(C)c(C)[n+](c1-3)C2. The second kappa shape index (κ2) is 4.65. The zero-order valence-corrected chi connectivity index (χ0v) is 17.9. The predicted octanol–water partition coefficient (Wildman–Crippen LogP) is 4.72. The molecule has 4 rings (SSSR count). The van der Waals surface area contributed by atoms with E-state index in [-0.39, 0.29) is 5.16 Å². The van der Waals surface area contributed by atoms with Crippen LogP contribution in [0.15, 0.2) is 0 Å². The quantitative estimate of drug-likeness (QED) is 0.423. The summed E-state index contributed by atoms with van der Waals surface area (Å²) in [7, 11) is -2.57. The molecule has 0 amide bonds. The predicted molar refractivity (Wildman–Crippen MR) is 106 cm³/mol. The van der Waals surface area contributed by atoms with Crippen LogP contribution in [0.5, 0.6) is 0 Å². The molecular formula is C22H29NOP+. The molecule has 0 radical (unpaired) electrons. The Kier molecular flexibility index (Phi) is 3.17. The van der Waals surface area contributed by atoms with E-state index in [1.807, 2.05) is 6.66 Å². The van der Waals surface area contributed by atoms with E-state index in [4.69, 9.17) is 0 Å². The molecule has 0 saturated heterocycles. The Balaban J connectivity index is 2.36. The van der Waals surface area contributed by atoms with Gasteiger partial charge in [-0.25, -0.2) is 0 Å². The third-order valence-electron chi connectivity index (χ3n) is 7.52. The monoisotopic (exact) mass is 354 g/mol. The van der Waals surface area contributed by atoms with Gasteiger partial charge in [0.1, 0.15) is 7.14 Å². The summed E-state index contributed by atoms with van der Waals surface area (Å²) in [6.07, 6.45) is 0. The lowest BCUT2D eigenvalue weighted by molar-refractivity contribution is -0.678. The van der Waals surface area contributed by atoms with E-state index in [0.717, 1.165) is 11.8 Å². The van der Waals surface area contributed by atoms with Crippen LogP contribution in [-0.2, 0) is 16.3 Å². The van der Waals surface area contributed by atoms with Gasteiger partial charge in [0, 0.05) is 23.2 Å². The third kappa shape index (κ3) is 1.68. The smallest absolute Gasteiger partial charge is 0.224 e.